The van der Waals surface area contributed by atoms with E-state index < -0.39 is 11.8 Å². The van der Waals surface area contributed by atoms with Crippen LogP contribution in [0, 0.1) is 17.7 Å². The highest BCUT2D eigenvalue weighted by Gasteiger charge is 2.01. The van der Waals surface area contributed by atoms with Crippen molar-refractivity contribution in [2.45, 2.75) is 6.92 Å². The van der Waals surface area contributed by atoms with Crippen molar-refractivity contribution in [2.75, 3.05) is 6.61 Å². The molecule has 82 valence electrons. The van der Waals surface area contributed by atoms with Gasteiger partial charge < -0.3 is 4.74 Å². The Bertz CT molecular complexity index is 469. The third-order valence-electron chi connectivity index (χ3n) is 1.70. The van der Waals surface area contributed by atoms with Crippen LogP contribution in [0.15, 0.2) is 18.2 Å². The first kappa shape index (κ1) is 11.9. The average molecular weight is 220 g/mol. The van der Waals surface area contributed by atoms with E-state index in [9.17, 15) is 14.0 Å². The van der Waals surface area contributed by atoms with Crippen molar-refractivity contribution in [2.24, 2.45) is 0 Å². The smallest absolute Gasteiger partial charge is 0.384 e. The molecule has 0 atom stereocenters. The number of hydrogen-bond acceptors (Lipinski definition) is 3. The van der Waals surface area contributed by atoms with E-state index in [2.05, 4.69) is 16.6 Å². The van der Waals surface area contributed by atoms with E-state index in [1.54, 1.807) is 6.92 Å². The zero-order valence-corrected chi connectivity index (χ0v) is 8.62. The highest BCUT2D eigenvalue weighted by Crippen LogP contribution is 2.07. The zero-order valence-electron chi connectivity index (χ0n) is 8.62. The maximum Gasteiger partial charge on any atom is 0.384 e. The van der Waals surface area contributed by atoms with Crippen molar-refractivity contribution in [1.82, 2.24) is 0 Å². The maximum atomic E-state index is 13.3. The van der Waals surface area contributed by atoms with Crippen molar-refractivity contribution >= 4 is 12.3 Å². The van der Waals surface area contributed by atoms with Crippen LogP contribution >= 0.6 is 0 Å². The molecule has 0 fully saturated rings. The van der Waals surface area contributed by atoms with Crippen molar-refractivity contribution in [3.8, 4) is 11.8 Å². The lowest BCUT2D eigenvalue weighted by molar-refractivity contribution is -0.136. The molecular formula is C12H9FO3. The minimum absolute atomic E-state index is 0.0543. The number of esters is 1. The second-order valence-electron chi connectivity index (χ2n) is 2.83. The first-order chi connectivity index (χ1) is 7.67. The van der Waals surface area contributed by atoms with E-state index in [1.165, 1.54) is 12.1 Å². The topological polar surface area (TPSA) is 43.4 Å². The van der Waals surface area contributed by atoms with E-state index in [0.717, 1.165) is 6.07 Å². The fraction of sp³-hybridized carbons (Fsp3) is 0.167. The number of carbonyl (C=O) groups is 2. The molecule has 0 bridgehead atoms. The summed E-state index contributed by atoms with van der Waals surface area (Å²) in [6, 6.07) is 3.82. The molecule has 0 N–H and O–H groups in total. The molecule has 0 saturated carbocycles. The molecule has 0 aromatic heterocycles. The van der Waals surface area contributed by atoms with Crippen LogP contribution in [-0.4, -0.2) is 18.9 Å². The summed E-state index contributed by atoms with van der Waals surface area (Å²) >= 11 is 0. The molecule has 1 aromatic carbocycles. The Morgan fingerprint density at radius 1 is 1.56 bits per heavy atom. The van der Waals surface area contributed by atoms with E-state index in [-0.39, 0.29) is 17.7 Å². The minimum Gasteiger partial charge on any atom is -0.456 e. The van der Waals surface area contributed by atoms with Crippen molar-refractivity contribution in [1.29, 1.82) is 0 Å². The largest absolute Gasteiger partial charge is 0.456 e. The van der Waals surface area contributed by atoms with Gasteiger partial charge in [0.2, 0.25) is 0 Å². The normalized spacial score (nSPS) is 8.88. The Labute approximate surface area is 92.2 Å². The zero-order chi connectivity index (χ0) is 12.0. The van der Waals surface area contributed by atoms with Crippen LogP contribution in [0.2, 0.25) is 0 Å². The molecule has 3 nitrogen and oxygen atoms in total. The Hall–Kier alpha value is -2.15. The number of ether oxygens (including phenoxy) is 1. The monoisotopic (exact) mass is 220 g/mol. The van der Waals surface area contributed by atoms with Crippen LogP contribution < -0.4 is 0 Å². The SMILES string of the molecule is CCOC(=O)C#Cc1ccc(C=O)cc1F. The summed E-state index contributed by atoms with van der Waals surface area (Å²) in [6.07, 6.45) is 0.533. The van der Waals surface area contributed by atoms with Crippen LogP contribution in [0.3, 0.4) is 0 Å². The lowest BCUT2D eigenvalue weighted by atomic mass is 10.1. The van der Waals surface area contributed by atoms with Gasteiger partial charge in [0.1, 0.15) is 12.1 Å². The molecule has 1 rings (SSSR count). The van der Waals surface area contributed by atoms with E-state index in [1.807, 2.05) is 0 Å². The van der Waals surface area contributed by atoms with Gasteiger partial charge in [-0.1, -0.05) is 12.0 Å². The van der Waals surface area contributed by atoms with E-state index >= 15 is 0 Å². The summed E-state index contributed by atoms with van der Waals surface area (Å²) in [7, 11) is 0. The van der Waals surface area contributed by atoms with Gasteiger partial charge in [0.25, 0.3) is 0 Å². The van der Waals surface area contributed by atoms with Gasteiger partial charge in [0, 0.05) is 11.5 Å². The molecule has 0 aliphatic rings. The highest BCUT2D eigenvalue weighted by molar-refractivity contribution is 5.89. The fourth-order valence-electron chi connectivity index (χ4n) is 0.992. The first-order valence-corrected chi connectivity index (χ1v) is 4.61. The van der Waals surface area contributed by atoms with Gasteiger partial charge in [0.15, 0.2) is 0 Å². The summed E-state index contributed by atoms with van der Waals surface area (Å²) in [6.45, 7) is 1.87. The lowest BCUT2D eigenvalue weighted by Gasteiger charge is -1.95. The molecule has 0 aliphatic carbocycles. The second-order valence-corrected chi connectivity index (χ2v) is 2.83. The molecule has 0 amide bonds. The molecule has 0 saturated heterocycles. The third-order valence-corrected chi connectivity index (χ3v) is 1.70. The number of hydrogen-bond donors (Lipinski definition) is 0. The predicted octanol–water partition coefficient (Wildman–Crippen LogP) is 1.55. The van der Waals surface area contributed by atoms with Crippen LogP contribution in [0.1, 0.15) is 22.8 Å². The molecule has 4 heteroatoms. The quantitative estimate of drug-likeness (QED) is 0.431. The van der Waals surface area contributed by atoms with Gasteiger partial charge in [-0.15, -0.1) is 0 Å². The standard InChI is InChI=1S/C12H9FO3/c1-2-16-12(15)6-5-10-4-3-9(8-14)7-11(10)13/h3-4,7-8H,2H2,1H3. The van der Waals surface area contributed by atoms with Crippen LogP contribution in [0.5, 0.6) is 0 Å². The van der Waals surface area contributed by atoms with Gasteiger partial charge in [-0.2, -0.15) is 0 Å². The minimum atomic E-state index is -0.707. The molecular weight excluding hydrogens is 211 g/mol. The van der Waals surface area contributed by atoms with Gasteiger partial charge in [0.05, 0.1) is 12.2 Å². The number of benzene rings is 1. The number of rotatable bonds is 2. The maximum absolute atomic E-state index is 13.3. The molecule has 1 aromatic rings. The predicted molar refractivity (Wildman–Crippen MR) is 55.3 cm³/mol. The third kappa shape index (κ3) is 3.21. The molecule has 0 spiro atoms. The van der Waals surface area contributed by atoms with Crippen molar-refractivity contribution in [3.63, 3.8) is 0 Å². The Morgan fingerprint density at radius 3 is 2.88 bits per heavy atom. The summed E-state index contributed by atoms with van der Waals surface area (Å²) in [5.74, 6) is 3.13. The van der Waals surface area contributed by atoms with Crippen LogP contribution in [0.25, 0.3) is 0 Å². The van der Waals surface area contributed by atoms with Crippen molar-refractivity contribution in [3.05, 3.63) is 35.1 Å². The fourth-order valence-corrected chi connectivity index (χ4v) is 0.992. The summed E-state index contributed by atoms with van der Waals surface area (Å²) in [4.78, 5) is 21.2. The molecule has 0 aliphatic heterocycles. The molecule has 0 heterocycles. The Morgan fingerprint density at radius 2 is 2.31 bits per heavy atom. The van der Waals surface area contributed by atoms with Crippen LogP contribution in [0.4, 0.5) is 4.39 Å². The summed E-state index contributed by atoms with van der Waals surface area (Å²) < 4.78 is 17.8. The second kappa shape index (κ2) is 5.66. The van der Waals surface area contributed by atoms with Gasteiger partial charge >= 0.3 is 5.97 Å². The van der Waals surface area contributed by atoms with E-state index in [4.69, 9.17) is 0 Å². The Kier molecular flexibility index (Phi) is 4.22. The van der Waals surface area contributed by atoms with Gasteiger partial charge in [-0.3, -0.25) is 4.79 Å². The van der Waals surface area contributed by atoms with Crippen molar-refractivity contribution < 1.29 is 18.7 Å². The highest BCUT2D eigenvalue weighted by atomic mass is 19.1. The summed E-state index contributed by atoms with van der Waals surface area (Å²) in [5.41, 5.74) is 0.276. The molecule has 0 radical (unpaired) electrons. The summed E-state index contributed by atoms with van der Waals surface area (Å²) in [5, 5.41) is 0. The first-order valence-electron chi connectivity index (χ1n) is 4.61. The van der Waals surface area contributed by atoms with Gasteiger partial charge in [-0.05, 0) is 19.1 Å². The number of halogens is 1. The number of aldehydes is 1. The van der Waals surface area contributed by atoms with Crippen LogP contribution in [-0.2, 0) is 9.53 Å². The van der Waals surface area contributed by atoms with E-state index in [0.29, 0.717) is 6.29 Å². The number of carbonyl (C=O) groups excluding carboxylic acids is 2. The molecule has 16 heavy (non-hydrogen) atoms. The molecule has 0 unspecified atom stereocenters. The average Bonchev–Trinajstić information content (AvgIpc) is 2.27. The van der Waals surface area contributed by atoms with Gasteiger partial charge in [-0.25, -0.2) is 9.18 Å². The Balaban J connectivity index is 2.89. The lowest BCUT2D eigenvalue weighted by Crippen LogP contribution is -1.99.